The summed E-state index contributed by atoms with van der Waals surface area (Å²) in [5, 5.41) is 5.35. The number of nitrogens with zero attached hydrogens (tertiary/aromatic N) is 4. The first-order chi connectivity index (χ1) is 38.0. The number of aromatic nitrogens is 4. The van der Waals surface area contributed by atoms with Crippen molar-refractivity contribution in [1.82, 2.24) is 19.9 Å². The van der Waals surface area contributed by atoms with Crippen molar-refractivity contribution < 1.29 is 8.83 Å². The van der Waals surface area contributed by atoms with E-state index < -0.39 is 0 Å². The number of allylic oxidation sites excluding steroid dienone is 1. The highest BCUT2D eigenvalue weighted by Crippen LogP contribution is 2.40. The number of fused-ring (bicyclic) bond motifs is 7. The molecule has 5 heterocycles. The Morgan fingerprint density at radius 3 is 1.61 bits per heavy atom. The first-order valence-corrected chi connectivity index (χ1v) is 25.8. The molecule has 0 saturated carbocycles. The molecule has 6 nitrogen and oxygen atoms in total. The maximum atomic E-state index is 6.22. The van der Waals surface area contributed by atoms with Crippen LogP contribution in [0.3, 0.4) is 0 Å². The number of para-hydroxylation sites is 1. The minimum atomic E-state index is 0.634. The van der Waals surface area contributed by atoms with Gasteiger partial charge in [0.15, 0.2) is 5.82 Å². The van der Waals surface area contributed by atoms with E-state index in [1.807, 2.05) is 55.6 Å². The van der Waals surface area contributed by atoms with Crippen LogP contribution in [-0.2, 0) is 0 Å². The van der Waals surface area contributed by atoms with E-state index in [9.17, 15) is 0 Å². The summed E-state index contributed by atoms with van der Waals surface area (Å²) < 4.78 is 12.4. The Bertz CT molecular complexity index is 4680. The highest BCUT2D eigenvalue weighted by Gasteiger charge is 2.18. The molecule has 6 heteroatoms. The monoisotopic (exact) mass is 986 g/mol. The van der Waals surface area contributed by atoms with Crippen LogP contribution < -0.4 is 0 Å². The van der Waals surface area contributed by atoms with E-state index in [-0.39, 0.29) is 0 Å². The molecule has 9 aromatic carbocycles. The fourth-order valence-electron chi connectivity index (χ4n) is 10.8. The molecular weight excluding hydrogens is 941 g/mol. The van der Waals surface area contributed by atoms with Gasteiger partial charge in [0.25, 0.3) is 0 Å². The zero-order valence-electron chi connectivity index (χ0n) is 42.0. The van der Waals surface area contributed by atoms with Crippen molar-refractivity contribution in [1.29, 1.82) is 0 Å². The smallest absolute Gasteiger partial charge is 0.160 e. The van der Waals surface area contributed by atoms with Crippen LogP contribution >= 0.6 is 0 Å². The minimum Gasteiger partial charge on any atom is -0.456 e. The lowest BCUT2D eigenvalue weighted by Gasteiger charge is -2.15. The molecule has 0 saturated heterocycles. The highest BCUT2D eigenvalue weighted by molar-refractivity contribution is 6.07. The molecule has 0 radical (unpaired) electrons. The van der Waals surface area contributed by atoms with Crippen LogP contribution in [0.2, 0.25) is 0 Å². The SMILES string of the molecule is C=Cc1oc2ccc(-c3cccc(-c4cc(-c5cccc(-c6ccc7oc8ccccc8c7c6)c5)cc(-c5cc(-c6cccc(-c7ccc8ccc9cccnc9c8n7)c6)nc(-c6ccccc6)n5)c4)c3)cc2c1/C=C\C. The number of benzene rings is 9. The summed E-state index contributed by atoms with van der Waals surface area (Å²) in [6.07, 6.45) is 7.73. The van der Waals surface area contributed by atoms with E-state index in [0.717, 1.165) is 150 Å². The molecule has 0 N–H and O–H groups in total. The second kappa shape index (κ2) is 18.9. The third-order valence-electron chi connectivity index (χ3n) is 14.6. The average Bonchev–Trinajstić information content (AvgIpc) is 4.07. The molecular formula is C71H46N4O2. The van der Waals surface area contributed by atoms with Gasteiger partial charge in [-0.1, -0.05) is 158 Å². The molecule has 77 heavy (non-hydrogen) atoms. The normalized spacial score (nSPS) is 11.7. The van der Waals surface area contributed by atoms with Gasteiger partial charge in [-0.15, -0.1) is 0 Å². The van der Waals surface area contributed by atoms with Crippen LogP contribution in [0.25, 0.3) is 157 Å². The van der Waals surface area contributed by atoms with Gasteiger partial charge in [-0.25, -0.2) is 15.0 Å². The van der Waals surface area contributed by atoms with Crippen molar-refractivity contribution in [3.63, 3.8) is 0 Å². The lowest BCUT2D eigenvalue weighted by atomic mass is 9.91. The molecule has 0 aliphatic carbocycles. The molecule has 14 rings (SSSR count). The van der Waals surface area contributed by atoms with E-state index in [0.29, 0.717) is 5.82 Å². The Morgan fingerprint density at radius 2 is 0.896 bits per heavy atom. The van der Waals surface area contributed by atoms with Gasteiger partial charge < -0.3 is 8.83 Å². The maximum absolute atomic E-state index is 6.22. The predicted octanol–water partition coefficient (Wildman–Crippen LogP) is 19.2. The Kier molecular flexibility index (Phi) is 11.1. The van der Waals surface area contributed by atoms with E-state index in [2.05, 4.69) is 201 Å². The Labute approximate surface area is 444 Å². The van der Waals surface area contributed by atoms with Crippen molar-refractivity contribution in [3.8, 4) is 89.7 Å². The summed E-state index contributed by atoms with van der Waals surface area (Å²) in [6, 6.07) is 78.8. The molecule has 14 aromatic rings. The molecule has 0 unspecified atom stereocenters. The third-order valence-corrected chi connectivity index (χ3v) is 14.6. The standard InChI is InChI=1S/C71H46N4O2/c1-3-14-58-60-41-51(29-32-67(60)76-65(58)4-2)47-17-10-19-49(35-47)55-38-56(50-20-11-18-48(36-50)52-30-33-68-61(42-52)59-24-8-9-25-66(59)77-68)40-57(39-55)64-43-63(74-71(75-64)46-15-6-5-7-16-46)54-22-12-21-53(37-54)62-31-28-45-27-26-44-23-13-34-72-69(44)70(45)73-62/h3-43H,2H2,1H3/b14-3-. The topological polar surface area (TPSA) is 77.8 Å². The molecule has 0 aliphatic rings. The van der Waals surface area contributed by atoms with E-state index in [1.54, 1.807) is 6.08 Å². The van der Waals surface area contributed by atoms with Gasteiger partial charge in [0.2, 0.25) is 0 Å². The summed E-state index contributed by atoms with van der Waals surface area (Å²) in [7, 11) is 0. The van der Waals surface area contributed by atoms with Crippen LogP contribution in [0.1, 0.15) is 18.2 Å². The van der Waals surface area contributed by atoms with Gasteiger partial charge in [-0.05, 0) is 142 Å². The lowest BCUT2D eigenvalue weighted by Crippen LogP contribution is -1.97. The van der Waals surface area contributed by atoms with Crippen molar-refractivity contribution in [2.75, 3.05) is 0 Å². The number of furan rings is 2. The first kappa shape index (κ1) is 45.3. The average molecular weight is 987 g/mol. The molecule has 0 fully saturated rings. The third kappa shape index (κ3) is 8.35. The van der Waals surface area contributed by atoms with Crippen LogP contribution in [0.5, 0.6) is 0 Å². The van der Waals surface area contributed by atoms with Crippen LogP contribution in [0.15, 0.2) is 252 Å². The molecule has 362 valence electrons. The van der Waals surface area contributed by atoms with Gasteiger partial charge >= 0.3 is 0 Å². The van der Waals surface area contributed by atoms with E-state index >= 15 is 0 Å². The van der Waals surface area contributed by atoms with Crippen LogP contribution in [0, 0.1) is 0 Å². The summed E-state index contributed by atoms with van der Waals surface area (Å²) in [5.74, 6) is 1.40. The summed E-state index contributed by atoms with van der Waals surface area (Å²) in [4.78, 5) is 20.6. The number of pyridine rings is 2. The Morgan fingerprint density at radius 1 is 0.364 bits per heavy atom. The number of hydrogen-bond acceptors (Lipinski definition) is 6. The molecule has 5 aromatic heterocycles. The van der Waals surface area contributed by atoms with Crippen molar-refractivity contribution in [3.05, 3.63) is 255 Å². The minimum absolute atomic E-state index is 0.634. The summed E-state index contributed by atoms with van der Waals surface area (Å²) >= 11 is 0. The van der Waals surface area contributed by atoms with Crippen molar-refractivity contribution in [2.24, 2.45) is 0 Å². The first-order valence-electron chi connectivity index (χ1n) is 25.8. The Hall–Kier alpha value is -10.3. The molecule has 0 bridgehead atoms. The lowest BCUT2D eigenvalue weighted by molar-refractivity contribution is 0.603. The maximum Gasteiger partial charge on any atom is 0.160 e. The van der Waals surface area contributed by atoms with Gasteiger partial charge in [0.1, 0.15) is 22.5 Å². The van der Waals surface area contributed by atoms with Crippen molar-refractivity contribution >= 4 is 66.9 Å². The van der Waals surface area contributed by atoms with Crippen LogP contribution in [-0.4, -0.2) is 19.9 Å². The second-order valence-corrected chi connectivity index (χ2v) is 19.4. The van der Waals surface area contributed by atoms with Gasteiger partial charge in [0.05, 0.1) is 28.1 Å². The second-order valence-electron chi connectivity index (χ2n) is 19.4. The van der Waals surface area contributed by atoms with Gasteiger partial charge in [-0.3, -0.25) is 4.98 Å². The Balaban J connectivity index is 0.928. The largest absolute Gasteiger partial charge is 0.456 e. The summed E-state index contributed by atoms with van der Waals surface area (Å²) in [5.41, 5.74) is 20.3. The quantitative estimate of drug-likeness (QED) is 0.127. The number of hydrogen-bond donors (Lipinski definition) is 0. The fourth-order valence-corrected chi connectivity index (χ4v) is 10.8. The van der Waals surface area contributed by atoms with E-state index in [4.69, 9.17) is 28.8 Å². The molecule has 0 atom stereocenters. The van der Waals surface area contributed by atoms with E-state index in [1.165, 1.54) is 0 Å². The van der Waals surface area contributed by atoms with Gasteiger partial charge in [0, 0.05) is 60.9 Å². The highest BCUT2D eigenvalue weighted by atomic mass is 16.3. The number of rotatable bonds is 10. The summed E-state index contributed by atoms with van der Waals surface area (Å²) in [6.45, 7) is 6.04. The van der Waals surface area contributed by atoms with Gasteiger partial charge in [-0.2, -0.15) is 0 Å². The zero-order valence-corrected chi connectivity index (χ0v) is 42.0. The zero-order chi connectivity index (χ0) is 51.4. The fraction of sp³-hybridized carbons (Fsp3) is 0.0141. The molecule has 0 amide bonds. The predicted molar refractivity (Wildman–Crippen MR) is 318 cm³/mol. The molecule has 0 spiro atoms. The van der Waals surface area contributed by atoms with Crippen LogP contribution in [0.4, 0.5) is 0 Å². The van der Waals surface area contributed by atoms with Crippen molar-refractivity contribution in [2.45, 2.75) is 6.92 Å². The molecule has 0 aliphatic heterocycles.